The number of hydrogen-bond acceptors (Lipinski definition) is 3. The van der Waals surface area contributed by atoms with E-state index in [9.17, 15) is 9.90 Å². The maximum absolute atomic E-state index is 11.7. The molecule has 1 amide bonds. The number of ether oxygens (including phenoxy) is 1. The Bertz CT molecular complexity index is 587. The number of aliphatic hydroxyl groups is 1. The first-order chi connectivity index (χ1) is 9.70. The Morgan fingerprint density at radius 3 is 2.60 bits per heavy atom. The van der Waals surface area contributed by atoms with Gasteiger partial charge >= 0.3 is 6.09 Å². The first kappa shape index (κ1) is 14.8. The summed E-state index contributed by atoms with van der Waals surface area (Å²) in [5.74, 6) is 0. The number of aliphatic hydroxyl groups excluding tert-OH is 1. The van der Waals surface area contributed by atoms with E-state index in [4.69, 9.17) is 4.74 Å². The van der Waals surface area contributed by atoms with E-state index in [-0.39, 0.29) is 13.2 Å². The summed E-state index contributed by atoms with van der Waals surface area (Å²) in [5.41, 5.74) is 2.18. The second kappa shape index (κ2) is 7.25. The third kappa shape index (κ3) is 3.94. The van der Waals surface area contributed by atoms with E-state index >= 15 is 0 Å². The van der Waals surface area contributed by atoms with Crippen LogP contribution in [-0.4, -0.2) is 11.2 Å². The topological polar surface area (TPSA) is 58.6 Å². The molecule has 0 atom stereocenters. The van der Waals surface area contributed by atoms with E-state index in [2.05, 4.69) is 27.9 Å². The van der Waals surface area contributed by atoms with Crippen LogP contribution >= 0.6 is 22.6 Å². The van der Waals surface area contributed by atoms with Crippen LogP contribution in [0, 0.1) is 3.57 Å². The summed E-state index contributed by atoms with van der Waals surface area (Å²) in [6.07, 6.45) is -0.537. The summed E-state index contributed by atoms with van der Waals surface area (Å²) in [6.45, 7) is 0.0818. The highest BCUT2D eigenvalue weighted by Crippen LogP contribution is 2.21. The molecule has 0 aliphatic rings. The number of carbonyl (C=O) groups is 1. The smallest absolute Gasteiger partial charge is 0.411 e. The predicted octanol–water partition coefficient (Wildman–Crippen LogP) is 3.53. The molecular formula is C15H14INO3. The zero-order valence-corrected chi connectivity index (χ0v) is 12.8. The Morgan fingerprint density at radius 2 is 1.90 bits per heavy atom. The van der Waals surface area contributed by atoms with Gasteiger partial charge in [-0.15, -0.1) is 0 Å². The molecule has 0 aliphatic carbocycles. The first-order valence-corrected chi connectivity index (χ1v) is 7.14. The van der Waals surface area contributed by atoms with Gasteiger partial charge in [-0.3, -0.25) is 5.32 Å². The van der Waals surface area contributed by atoms with Gasteiger partial charge < -0.3 is 9.84 Å². The van der Waals surface area contributed by atoms with Crippen molar-refractivity contribution in [2.75, 3.05) is 5.32 Å². The predicted molar refractivity (Wildman–Crippen MR) is 85.3 cm³/mol. The number of rotatable bonds is 4. The molecule has 104 valence electrons. The number of hydrogen-bond donors (Lipinski definition) is 2. The second-order valence-corrected chi connectivity index (χ2v) is 5.27. The number of benzene rings is 2. The molecule has 4 nitrogen and oxygen atoms in total. The van der Waals surface area contributed by atoms with Crippen molar-refractivity contribution in [3.05, 3.63) is 63.2 Å². The summed E-state index contributed by atoms with van der Waals surface area (Å²) in [5, 5.41) is 12.0. The van der Waals surface area contributed by atoms with Gasteiger partial charge in [0.15, 0.2) is 0 Å². The van der Waals surface area contributed by atoms with Crippen molar-refractivity contribution >= 4 is 34.4 Å². The third-order valence-corrected chi connectivity index (χ3v) is 3.74. The Labute approximate surface area is 130 Å². The minimum absolute atomic E-state index is 0.132. The Kier molecular flexibility index (Phi) is 5.37. The number of amides is 1. The summed E-state index contributed by atoms with van der Waals surface area (Å²) >= 11 is 2.11. The van der Waals surface area contributed by atoms with E-state index < -0.39 is 6.09 Å². The fourth-order valence-electron chi connectivity index (χ4n) is 1.71. The van der Waals surface area contributed by atoms with Crippen LogP contribution in [-0.2, 0) is 18.0 Å². The molecule has 0 spiro atoms. The maximum atomic E-state index is 11.7. The molecule has 0 saturated heterocycles. The third-order valence-electron chi connectivity index (χ3n) is 2.73. The van der Waals surface area contributed by atoms with Gasteiger partial charge in [-0.2, -0.15) is 0 Å². The highest BCUT2D eigenvalue weighted by Gasteiger charge is 2.09. The Balaban J connectivity index is 1.97. The molecule has 0 saturated carbocycles. The zero-order valence-electron chi connectivity index (χ0n) is 10.7. The van der Waals surface area contributed by atoms with Crippen LogP contribution in [0.3, 0.4) is 0 Å². The van der Waals surface area contributed by atoms with E-state index in [1.807, 2.05) is 42.5 Å². The van der Waals surface area contributed by atoms with E-state index in [1.165, 1.54) is 0 Å². The highest BCUT2D eigenvalue weighted by atomic mass is 127. The largest absolute Gasteiger partial charge is 0.444 e. The molecule has 2 aromatic rings. The molecule has 0 aliphatic heterocycles. The highest BCUT2D eigenvalue weighted by molar-refractivity contribution is 14.1. The fraction of sp³-hybridized carbons (Fsp3) is 0.133. The molecule has 2 rings (SSSR count). The minimum Gasteiger partial charge on any atom is -0.444 e. The molecule has 0 unspecified atom stereocenters. The fourth-order valence-corrected chi connectivity index (χ4v) is 2.37. The van der Waals surface area contributed by atoms with Crippen LogP contribution < -0.4 is 5.32 Å². The quantitative estimate of drug-likeness (QED) is 0.795. The van der Waals surface area contributed by atoms with E-state index in [0.717, 1.165) is 9.13 Å². The SMILES string of the molecule is O=C(Nc1cccc(I)c1CO)OCc1ccccc1. The van der Waals surface area contributed by atoms with Crippen molar-refractivity contribution < 1.29 is 14.6 Å². The molecule has 2 aromatic carbocycles. The summed E-state index contributed by atoms with van der Waals surface area (Å²) in [4.78, 5) is 11.7. The number of halogens is 1. The van der Waals surface area contributed by atoms with Crippen LogP contribution in [0.4, 0.5) is 10.5 Å². The number of carbonyl (C=O) groups excluding carboxylic acids is 1. The van der Waals surface area contributed by atoms with Crippen molar-refractivity contribution in [1.82, 2.24) is 0 Å². The molecule has 0 heterocycles. The Morgan fingerprint density at radius 1 is 1.15 bits per heavy atom. The molecule has 0 radical (unpaired) electrons. The van der Waals surface area contributed by atoms with Crippen LogP contribution in [0.25, 0.3) is 0 Å². The van der Waals surface area contributed by atoms with Gasteiger partial charge in [-0.1, -0.05) is 36.4 Å². The molecule has 2 N–H and O–H groups in total. The molecule has 0 bridgehead atoms. The average Bonchev–Trinajstić information content (AvgIpc) is 2.46. The van der Waals surface area contributed by atoms with Crippen LogP contribution in [0.5, 0.6) is 0 Å². The van der Waals surface area contributed by atoms with Crippen molar-refractivity contribution in [1.29, 1.82) is 0 Å². The summed E-state index contributed by atoms with van der Waals surface area (Å²) < 4.78 is 6.03. The normalized spacial score (nSPS) is 10.1. The van der Waals surface area contributed by atoms with E-state index in [0.29, 0.717) is 11.3 Å². The molecule has 20 heavy (non-hydrogen) atoms. The number of anilines is 1. The van der Waals surface area contributed by atoms with Gasteiger partial charge in [-0.25, -0.2) is 4.79 Å². The monoisotopic (exact) mass is 383 g/mol. The molecular weight excluding hydrogens is 369 g/mol. The molecule has 0 aromatic heterocycles. The first-order valence-electron chi connectivity index (χ1n) is 6.06. The summed E-state index contributed by atoms with van der Waals surface area (Å²) in [7, 11) is 0. The van der Waals surface area contributed by atoms with Crippen LogP contribution in [0.1, 0.15) is 11.1 Å². The minimum atomic E-state index is -0.537. The standard InChI is InChI=1S/C15H14INO3/c16-13-7-4-8-14(12(13)9-18)17-15(19)20-10-11-5-2-1-3-6-11/h1-8,18H,9-10H2,(H,17,19). The Hall–Kier alpha value is -1.60. The van der Waals surface area contributed by atoms with Gasteiger partial charge in [0.05, 0.1) is 12.3 Å². The zero-order chi connectivity index (χ0) is 14.4. The van der Waals surface area contributed by atoms with Crippen molar-refractivity contribution in [2.45, 2.75) is 13.2 Å². The van der Waals surface area contributed by atoms with Gasteiger partial charge in [0.2, 0.25) is 0 Å². The van der Waals surface area contributed by atoms with Crippen molar-refractivity contribution in [3.63, 3.8) is 0 Å². The molecule has 0 fully saturated rings. The second-order valence-electron chi connectivity index (χ2n) is 4.11. The molecule has 5 heteroatoms. The average molecular weight is 383 g/mol. The lowest BCUT2D eigenvalue weighted by atomic mass is 10.2. The maximum Gasteiger partial charge on any atom is 0.411 e. The summed E-state index contributed by atoms with van der Waals surface area (Å²) in [6, 6.07) is 14.9. The lowest BCUT2D eigenvalue weighted by molar-refractivity contribution is 0.155. The lowest BCUT2D eigenvalue weighted by Crippen LogP contribution is -2.15. The van der Waals surface area contributed by atoms with Gasteiger partial charge in [0.1, 0.15) is 6.61 Å². The van der Waals surface area contributed by atoms with Crippen molar-refractivity contribution in [2.24, 2.45) is 0 Å². The van der Waals surface area contributed by atoms with Gasteiger partial charge in [-0.05, 0) is 40.3 Å². The van der Waals surface area contributed by atoms with Gasteiger partial charge in [0, 0.05) is 9.13 Å². The van der Waals surface area contributed by atoms with Crippen LogP contribution in [0.2, 0.25) is 0 Å². The van der Waals surface area contributed by atoms with Crippen LogP contribution in [0.15, 0.2) is 48.5 Å². The lowest BCUT2D eigenvalue weighted by Gasteiger charge is -2.11. The van der Waals surface area contributed by atoms with E-state index in [1.54, 1.807) is 6.07 Å². The van der Waals surface area contributed by atoms with Gasteiger partial charge in [0.25, 0.3) is 0 Å². The van der Waals surface area contributed by atoms with Crippen molar-refractivity contribution in [3.8, 4) is 0 Å². The number of nitrogens with one attached hydrogen (secondary N) is 1.